The summed E-state index contributed by atoms with van der Waals surface area (Å²) in [6.07, 6.45) is 7.33. The van der Waals surface area contributed by atoms with E-state index in [1.165, 1.54) is 0 Å². The van der Waals surface area contributed by atoms with Crippen molar-refractivity contribution in [2.45, 2.75) is 49.9 Å². The van der Waals surface area contributed by atoms with Crippen molar-refractivity contribution in [2.24, 2.45) is 0 Å². The van der Waals surface area contributed by atoms with Crippen molar-refractivity contribution in [3.05, 3.63) is 12.2 Å². The van der Waals surface area contributed by atoms with Crippen LogP contribution in [0.2, 0.25) is 0 Å². The molecule has 0 heterocycles. The Morgan fingerprint density at radius 2 is 2.14 bits per heavy atom. The summed E-state index contributed by atoms with van der Waals surface area (Å²) in [4.78, 5) is 11.8. The highest BCUT2D eigenvalue weighted by Crippen LogP contribution is 2.25. The van der Waals surface area contributed by atoms with Crippen LogP contribution in [-0.4, -0.2) is 15.8 Å². The fourth-order valence-electron chi connectivity index (χ4n) is 1.50. The van der Waals surface area contributed by atoms with Gasteiger partial charge in [-0.05, 0) is 40.0 Å². The molecule has 0 bridgehead atoms. The van der Waals surface area contributed by atoms with Gasteiger partial charge in [0.25, 0.3) is 0 Å². The van der Waals surface area contributed by atoms with Crippen LogP contribution in [0.25, 0.3) is 0 Å². The third-order valence-electron chi connectivity index (χ3n) is 2.55. The first-order valence-corrected chi connectivity index (χ1v) is 5.79. The van der Waals surface area contributed by atoms with Gasteiger partial charge in [0, 0.05) is 5.54 Å². The molecule has 0 fully saturated rings. The largest absolute Gasteiger partial charge is 0.349 e. The average Bonchev–Trinajstić information content (AvgIpc) is 2.02. The second-order valence-electron chi connectivity index (χ2n) is 4.70. The van der Waals surface area contributed by atoms with Gasteiger partial charge in [0.1, 0.15) is 0 Å². The molecule has 1 unspecified atom stereocenters. The maximum Gasteiger partial charge on any atom is 0.236 e. The van der Waals surface area contributed by atoms with Gasteiger partial charge in [0.05, 0.1) is 4.32 Å². The Kier molecular flexibility index (Phi) is 3.40. The number of carbonyl (C=O) groups excluding carboxylic acids is 1. The van der Waals surface area contributed by atoms with Crippen molar-refractivity contribution in [1.82, 2.24) is 5.32 Å². The van der Waals surface area contributed by atoms with Crippen LogP contribution in [-0.2, 0) is 4.79 Å². The predicted molar refractivity (Wildman–Crippen MR) is 62.5 cm³/mol. The molecule has 1 rings (SSSR count). The van der Waals surface area contributed by atoms with E-state index in [0.717, 1.165) is 19.3 Å². The second-order valence-corrected chi connectivity index (χ2v) is 6.68. The maximum atomic E-state index is 11.8. The Labute approximate surface area is 94.3 Å². The summed E-state index contributed by atoms with van der Waals surface area (Å²) in [5.41, 5.74) is -0.0587. The lowest BCUT2D eigenvalue weighted by molar-refractivity contribution is -0.124. The third-order valence-corrected chi connectivity index (χ3v) is 2.91. The summed E-state index contributed by atoms with van der Waals surface area (Å²) >= 11 is 3.36. The van der Waals surface area contributed by atoms with Crippen molar-refractivity contribution >= 4 is 21.8 Å². The van der Waals surface area contributed by atoms with Crippen LogP contribution in [0.4, 0.5) is 0 Å². The molecule has 0 aliphatic heterocycles. The van der Waals surface area contributed by atoms with Crippen LogP contribution >= 0.6 is 15.9 Å². The molecular formula is C11H18BrNO. The zero-order valence-corrected chi connectivity index (χ0v) is 10.6. The minimum absolute atomic E-state index is 0.0587. The monoisotopic (exact) mass is 259 g/mol. The highest BCUT2D eigenvalue weighted by Gasteiger charge is 2.32. The van der Waals surface area contributed by atoms with E-state index in [2.05, 4.69) is 40.3 Å². The van der Waals surface area contributed by atoms with E-state index in [-0.39, 0.29) is 11.4 Å². The number of hydrogen-bond donors (Lipinski definition) is 1. The molecule has 1 aliphatic carbocycles. The molecule has 1 aliphatic rings. The van der Waals surface area contributed by atoms with Crippen molar-refractivity contribution in [1.29, 1.82) is 0 Å². The number of rotatable bonds is 2. The second kappa shape index (κ2) is 4.05. The van der Waals surface area contributed by atoms with Gasteiger partial charge in [-0.25, -0.2) is 0 Å². The summed E-state index contributed by atoms with van der Waals surface area (Å²) in [5.74, 6) is 0.0651. The van der Waals surface area contributed by atoms with Crippen LogP contribution in [0.3, 0.4) is 0 Å². The van der Waals surface area contributed by atoms with Crippen LogP contribution in [0, 0.1) is 0 Å². The number of halogens is 1. The number of alkyl halides is 1. The predicted octanol–water partition coefficient (Wildman–Crippen LogP) is 2.77. The lowest BCUT2D eigenvalue weighted by atomic mass is 9.87. The fraction of sp³-hybridized carbons (Fsp3) is 0.727. The fourth-order valence-corrected chi connectivity index (χ4v) is 1.60. The lowest BCUT2D eigenvalue weighted by Gasteiger charge is -2.34. The Bertz CT molecular complexity index is 255. The van der Waals surface area contributed by atoms with E-state index in [4.69, 9.17) is 0 Å². The minimum atomic E-state index is -0.475. The summed E-state index contributed by atoms with van der Waals surface area (Å²) in [5, 5.41) is 3.10. The smallest absolute Gasteiger partial charge is 0.236 e. The lowest BCUT2D eigenvalue weighted by Crippen LogP contribution is -2.51. The Hall–Kier alpha value is -0.310. The van der Waals surface area contributed by atoms with Gasteiger partial charge in [0.15, 0.2) is 0 Å². The van der Waals surface area contributed by atoms with E-state index in [1.54, 1.807) is 0 Å². The molecule has 0 aromatic rings. The molecule has 0 radical (unpaired) electrons. The standard InChI is InChI=1S/C11H18BrNO/c1-10(2,12)9(14)13-11(3)7-5-4-6-8-11/h4-5H,6-8H2,1-3H3,(H,13,14). The SMILES string of the molecule is CC1(NC(=O)C(C)(C)Br)CC=CCC1. The molecule has 0 saturated carbocycles. The summed E-state index contributed by atoms with van der Waals surface area (Å²) < 4.78 is -0.475. The minimum Gasteiger partial charge on any atom is -0.349 e. The molecule has 1 N–H and O–H groups in total. The zero-order chi connectivity index (χ0) is 10.8. The van der Waals surface area contributed by atoms with Crippen LogP contribution in [0.15, 0.2) is 12.2 Å². The van der Waals surface area contributed by atoms with Gasteiger partial charge in [-0.2, -0.15) is 0 Å². The summed E-state index contributed by atoms with van der Waals surface area (Å²) in [6, 6.07) is 0. The molecule has 1 amide bonds. The van der Waals surface area contributed by atoms with Crippen molar-refractivity contribution in [3.8, 4) is 0 Å². The normalized spacial score (nSPS) is 27.4. The van der Waals surface area contributed by atoms with Crippen LogP contribution in [0.5, 0.6) is 0 Å². The van der Waals surface area contributed by atoms with Gasteiger partial charge in [-0.3, -0.25) is 4.79 Å². The number of amides is 1. The van der Waals surface area contributed by atoms with E-state index in [9.17, 15) is 4.79 Å². The summed E-state index contributed by atoms with van der Waals surface area (Å²) in [6.45, 7) is 5.84. The van der Waals surface area contributed by atoms with Gasteiger partial charge >= 0.3 is 0 Å². The molecular weight excluding hydrogens is 242 g/mol. The number of hydrogen-bond acceptors (Lipinski definition) is 1. The Morgan fingerprint density at radius 1 is 1.50 bits per heavy atom. The van der Waals surface area contributed by atoms with Crippen LogP contribution < -0.4 is 5.32 Å². The maximum absolute atomic E-state index is 11.8. The van der Waals surface area contributed by atoms with Crippen LogP contribution in [0.1, 0.15) is 40.0 Å². The molecule has 14 heavy (non-hydrogen) atoms. The molecule has 0 saturated heterocycles. The first kappa shape index (κ1) is 11.8. The van der Waals surface area contributed by atoms with E-state index in [0.29, 0.717) is 0 Å². The Balaban J connectivity index is 2.59. The third kappa shape index (κ3) is 3.12. The van der Waals surface area contributed by atoms with Crippen molar-refractivity contribution in [3.63, 3.8) is 0 Å². The van der Waals surface area contributed by atoms with Crippen molar-refractivity contribution in [2.75, 3.05) is 0 Å². The molecule has 3 heteroatoms. The zero-order valence-electron chi connectivity index (χ0n) is 9.06. The molecule has 80 valence electrons. The number of carbonyl (C=O) groups is 1. The molecule has 1 atom stereocenters. The number of allylic oxidation sites excluding steroid dienone is 1. The summed E-state index contributed by atoms with van der Waals surface area (Å²) in [7, 11) is 0. The molecule has 0 spiro atoms. The first-order chi connectivity index (χ1) is 6.33. The molecule has 0 aromatic carbocycles. The van der Waals surface area contributed by atoms with Gasteiger partial charge in [-0.15, -0.1) is 0 Å². The first-order valence-electron chi connectivity index (χ1n) is 5.00. The topological polar surface area (TPSA) is 29.1 Å². The van der Waals surface area contributed by atoms with Gasteiger partial charge in [0.2, 0.25) is 5.91 Å². The highest BCUT2D eigenvalue weighted by molar-refractivity contribution is 9.10. The quantitative estimate of drug-likeness (QED) is 0.600. The van der Waals surface area contributed by atoms with Gasteiger partial charge in [-0.1, -0.05) is 28.1 Å². The Morgan fingerprint density at radius 3 is 2.57 bits per heavy atom. The number of nitrogens with one attached hydrogen (secondary N) is 1. The molecule has 2 nitrogen and oxygen atoms in total. The van der Waals surface area contributed by atoms with Crippen molar-refractivity contribution < 1.29 is 4.79 Å². The highest BCUT2D eigenvalue weighted by atomic mass is 79.9. The van der Waals surface area contributed by atoms with Gasteiger partial charge < -0.3 is 5.32 Å². The van der Waals surface area contributed by atoms with E-state index < -0.39 is 4.32 Å². The van der Waals surface area contributed by atoms with E-state index >= 15 is 0 Å². The average molecular weight is 260 g/mol. The molecule has 0 aromatic heterocycles. The van der Waals surface area contributed by atoms with E-state index in [1.807, 2.05) is 13.8 Å².